The molecule has 3 heterocycles. The zero-order chi connectivity index (χ0) is 20.5. The molecule has 1 aromatic carbocycles. The quantitative estimate of drug-likeness (QED) is 0.265. The average Bonchev–Trinajstić information content (AvgIpc) is 3.27. The lowest BCUT2D eigenvalue weighted by atomic mass is 10.3. The summed E-state index contributed by atoms with van der Waals surface area (Å²) >= 11 is 1.62. The normalized spacial score (nSPS) is 11.5. The number of thioether (sulfide) groups is 1. The van der Waals surface area contributed by atoms with Crippen LogP contribution in [0.1, 0.15) is 6.42 Å². The molecule has 0 saturated carbocycles. The van der Waals surface area contributed by atoms with Gasteiger partial charge in [0.05, 0.1) is 17.4 Å². The lowest BCUT2D eigenvalue weighted by molar-refractivity contribution is 0.593. The summed E-state index contributed by atoms with van der Waals surface area (Å²) in [7, 11) is 3.39. The third kappa shape index (κ3) is 3.31. The Bertz CT molecular complexity index is 1330. The number of hydrogen-bond acceptors (Lipinski definition) is 5. The number of para-hydroxylation sites is 2. The molecule has 0 aliphatic heterocycles. The lowest BCUT2D eigenvalue weighted by Gasteiger charge is -2.09. The molecule has 4 rings (SSSR count). The first-order chi connectivity index (χ1) is 14.0. The predicted octanol–water partition coefficient (Wildman–Crippen LogP) is 2.15. The van der Waals surface area contributed by atoms with Crippen molar-refractivity contribution in [1.82, 2.24) is 28.2 Å². The van der Waals surface area contributed by atoms with Crippen LogP contribution < -0.4 is 11.2 Å². The molecular weight excluding hydrogens is 388 g/mol. The molecule has 3 aromatic heterocycles. The minimum atomic E-state index is -0.343. The molecule has 0 aliphatic carbocycles. The van der Waals surface area contributed by atoms with Gasteiger partial charge in [-0.25, -0.2) is 14.8 Å². The van der Waals surface area contributed by atoms with Crippen molar-refractivity contribution in [2.24, 2.45) is 14.1 Å². The van der Waals surface area contributed by atoms with Crippen LogP contribution in [0.4, 0.5) is 0 Å². The summed E-state index contributed by atoms with van der Waals surface area (Å²) in [5, 5.41) is 0.911. The summed E-state index contributed by atoms with van der Waals surface area (Å²) in [6, 6.07) is 8.00. The number of nitrogens with zero attached hydrogens (tertiary/aromatic N) is 6. The number of aromatic nitrogens is 6. The molecule has 0 amide bonds. The van der Waals surface area contributed by atoms with Crippen molar-refractivity contribution in [3.8, 4) is 0 Å². The van der Waals surface area contributed by atoms with Crippen molar-refractivity contribution >= 4 is 34.0 Å². The van der Waals surface area contributed by atoms with Crippen molar-refractivity contribution in [2.45, 2.75) is 24.7 Å². The standard InChI is InChI=1S/C20H22N6O2S/c1-4-10-25-15-9-6-5-8-14(15)22-19(25)29-12-7-11-26-18(27)16-17(21-13-23(16)2)24(3)20(26)28/h4-6,8-9,13H,1,7,10-12H2,2-3H3. The molecule has 0 spiro atoms. The van der Waals surface area contributed by atoms with Crippen molar-refractivity contribution in [2.75, 3.05) is 5.75 Å². The van der Waals surface area contributed by atoms with Gasteiger partial charge in [-0.2, -0.15) is 0 Å². The first-order valence-electron chi connectivity index (χ1n) is 9.32. The van der Waals surface area contributed by atoms with Crippen molar-refractivity contribution in [3.63, 3.8) is 0 Å². The van der Waals surface area contributed by atoms with Crippen LogP contribution in [0, 0.1) is 0 Å². The van der Waals surface area contributed by atoms with E-state index in [-0.39, 0.29) is 11.2 Å². The number of benzene rings is 1. The fourth-order valence-corrected chi connectivity index (χ4v) is 4.40. The molecule has 0 unspecified atom stereocenters. The van der Waals surface area contributed by atoms with Crippen molar-refractivity contribution in [1.29, 1.82) is 0 Å². The zero-order valence-corrected chi connectivity index (χ0v) is 17.2. The summed E-state index contributed by atoms with van der Waals surface area (Å²) in [4.78, 5) is 34.2. The Morgan fingerprint density at radius 3 is 2.76 bits per heavy atom. The van der Waals surface area contributed by atoms with Gasteiger partial charge in [-0.1, -0.05) is 30.0 Å². The van der Waals surface area contributed by atoms with E-state index in [2.05, 4.69) is 16.1 Å². The Kier molecular flexibility index (Phi) is 5.14. The fraction of sp³-hybridized carbons (Fsp3) is 0.300. The highest BCUT2D eigenvalue weighted by Gasteiger charge is 2.15. The van der Waals surface area contributed by atoms with Crippen molar-refractivity contribution < 1.29 is 0 Å². The Morgan fingerprint density at radius 2 is 1.97 bits per heavy atom. The Morgan fingerprint density at radius 1 is 1.17 bits per heavy atom. The lowest BCUT2D eigenvalue weighted by Crippen LogP contribution is -2.39. The van der Waals surface area contributed by atoms with Crippen molar-refractivity contribution in [3.05, 3.63) is 64.1 Å². The van der Waals surface area contributed by atoms with E-state index >= 15 is 0 Å². The average molecular weight is 411 g/mol. The van der Waals surface area contributed by atoms with Gasteiger partial charge in [0, 0.05) is 32.9 Å². The van der Waals surface area contributed by atoms with Crippen LogP contribution in [0.25, 0.3) is 22.2 Å². The SMILES string of the molecule is C=CCn1c(SCCCn2c(=O)c3c(ncn3C)n(C)c2=O)nc2ccccc21. The Hall–Kier alpha value is -3.07. The van der Waals surface area contributed by atoms with E-state index in [1.54, 1.807) is 36.8 Å². The zero-order valence-electron chi connectivity index (χ0n) is 16.4. The number of rotatable bonds is 7. The van der Waals surface area contributed by atoms with Gasteiger partial charge in [-0.15, -0.1) is 6.58 Å². The Balaban J connectivity index is 1.54. The topological polar surface area (TPSA) is 79.6 Å². The van der Waals surface area contributed by atoms with Gasteiger partial charge >= 0.3 is 5.69 Å². The predicted molar refractivity (Wildman–Crippen MR) is 115 cm³/mol. The molecular formula is C20H22N6O2S. The molecule has 0 N–H and O–H groups in total. The maximum atomic E-state index is 12.8. The fourth-order valence-electron chi connectivity index (χ4n) is 3.45. The molecule has 150 valence electrons. The first kappa shape index (κ1) is 19.3. The molecule has 0 bridgehead atoms. The molecule has 0 radical (unpaired) electrons. The minimum Gasteiger partial charge on any atom is -0.328 e. The summed E-state index contributed by atoms with van der Waals surface area (Å²) < 4.78 is 6.49. The largest absolute Gasteiger partial charge is 0.332 e. The van der Waals surface area contributed by atoms with E-state index in [0.717, 1.165) is 21.9 Å². The van der Waals surface area contributed by atoms with E-state index in [9.17, 15) is 9.59 Å². The van der Waals surface area contributed by atoms with E-state index < -0.39 is 0 Å². The van der Waals surface area contributed by atoms with Crippen LogP contribution in [0.5, 0.6) is 0 Å². The van der Waals surface area contributed by atoms with Crippen LogP contribution in [0.15, 0.2) is 58.0 Å². The van der Waals surface area contributed by atoms with Crippen LogP contribution in [-0.2, 0) is 27.2 Å². The maximum Gasteiger partial charge on any atom is 0.332 e. The smallest absolute Gasteiger partial charge is 0.328 e. The minimum absolute atomic E-state index is 0.299. The van der Waals surface area contributed by atoms with Crippen LogP contribution in [0.3, 0.4) is 0 Å². The van der Waals surface area contributed by atoms with Gasteiger partial charge in [0.2, 0.25) is 0 Å². The van der Waals surface area contributed by atoms with E-state index in [4.69, 9.17) is 4.98 Å². The summed E-state index contributed by atoms with van der Waals surface area (Å²) in [6.07, 6.45) is 4.07. The highest BCUT2D eigenvalue weighted by Crippen LogP contribution is 2.24. The molecule has 8 nitrogen and oxygen atoms in total. The second kappa shape index (κ2) is 7.75. The highest BCUT2D eigenvalue weighted by molar-refractivity contribution is 7.99. The van der Waals surface area contributed by atoms with Gasteiger partial charge in [-0.3, -0.25) is 13.9 Å². The number of aryl methyl sites for hydroxylation is 2. The summed E-state index contributed by atoms with van der Waals surface area (Å²) in [5.41, 5.74) is 2.22. The highest BCUT2D eigenvalue weighted by atomic mass is 32.2. The second-order valence-electron chi connectivity index (χ2n) is 6.81. The molecule has 0 fully saturated rings. The van der Waals surface area contributed by atoms with Crippen LogP contribution in [-0.4, -0.2) is 34.0 Å². The third-order valence-corrected chi connectivity index (χ3v) is 5.95. The van der Waals surface area contributed by atoms with Gasteiger partial charge in [0.25, 0.3) is 5.56 Å². The van der Waals surface area contributed by atoms with Crippen LogP contribution in [0.2, 0.25) is 0 Å². The maximum absolute atomic E-state index is 12.8. The summed E-state index contributed by atoms with van der Waals surface area (Å²) in [5.74, 6) is 0.736. The first-order valence-corrected chi connectivity index (χ1v) is 10.3. The van der Waals surface area contributed by atoms with E-state index in [0.29, 0.717) is 30.7 Å². The molecule has 0 saturated heterocycles. The number of hydrogen-bond donors (Lipinski definition) is 0. The van der Waals surface area contributed by atoms with Gasteiger partial charge in [0.1, 0.15) is 0 Å². The second-order valence-corrected chi connectivity index (χ2v) is 7.87. The third-order valence-electron chi connectivity index (χ3n) is 4.89. The molecule has 0 atom stereocenters. The van der Waals surface area contributed by atoms with Gasteiger partial charge < -0.3 is 9.13 Å². The van der Waals surface area contributed by atoms with Crippen LogP contribution >= 0.6 is 11.8 Å². The number of allylic oxidation sites excluding steroid dienone is 1. The molecule has 4 aromatic rings. The van der Waals surface area contributed by atoms with Gasteiger partial charge in [-0.05, 0) is 18.6 Å². The summed E-state index contributed by atoms with van der Waals surface area (Å²) in [6.45, 7) is 4.86. The monoisotopic (exact) mass is 410 g/mol. The van der Waals surface area contributed by atoms with E-state index in [1.165, 1.54) is 9.13 Å². The number of fused-ring (bicyclic) bond motifs is 2. The molecule has 0 aliphatic rings. The van der Waals surface area contributed by atoms with E-state index in [1.807, 2.05) is 30.3 Å². The number of imidazole rings is 2. The molecule has 9 heteroatoms. The van der Waals surface area contributed by atoms with Gasteiger partial charge in [0.15, 0.2) is 16.3 Å². The molecule has 29 heavy (non-hydrogen) atoms. The Labute approximate surface area is 171 Å².